The summed E-state index contributed by atoms with van der Waals surface area (Å²) in [5.41, 5.74) is 1.50. The second-order valence-corrected chi connectivity index (χ2v) is 5.19. The van der Waals surface area contributed by atoms with Gasteiger partial charge in [-0.3, -0.25) is 9.48 Å². The van der Waals surface area contributed by atoms with Gasteiger partial charge < -0.3 is 5.32 Å². The Balaban J connectivity index is 1.84. The van der Waals surface area contributed by atoms with Crippen LogP contribution in [0.15, 0.2) is 30.5 Å². The predicted molar refractivity (Wildman–Crippen MR) is 80.4 cm³/mol. The van der Waals surface area contributed by atoms with E-state index in [1.54, 1.807) is 24.4 Å². The summed E-state index contributed by atoms with van der Waals surface area (Å²) >= 11 is 11.9. The van der Waals surface area contributed by atoms with Crippen molar-refractivity contribution in [1.29, 1.82) is 0 Å². The fourth-order valence-electron chi connectivity index (χ4n) is 1.84. The highest BCUT2D eigenvalue weighted by atomic mass is 35.5. The molecule has 4 nitrogen and oxygen atoms in total. The molecular formula is C14H15Cl2N3O. The average Bonchev–Trinajstić information content (AvgIpc) is 2.83. The molecule has 0 atom stereocenters. The highest BCUT2D eigenvalue weighted by Crippen LogP contribution is 2.25. The van der Waals surface area contributed by atoms with Gasteiger partial charge in [-0.05, 0) is 31.5 Å². The van der Waals surface area contributed by atoms with E-state index in [1.165, 1.54) is 0 Å². The first-order valence-corrected chi connectivity index (χ1v) is 7.06. The lowest BCUT2D eigenvalue weighted by molar-refractivity contribution is 0.0952. The predicted octanol–water partition coefficient (Wildman–Crippen LogP) is 3.32. The molecule has 1 heterocycles. The van der Waals surface area contributed by atoms with Crippen LogP contribution < -0.4 is 5.32 Å². The number of hydrogen-bond acceptors (Lipinski definition) is 2. The van der Waals surface area contributed by atoms with E-state index in [4.69, 9.17) is 23.2 Å². The van der Waals surface area contributed by atoms with Gasteiger partial charge in [0, 0.05) is 25.0 Å². The highest BCUT2D eigenvalue weighted by molar-refractivity contribution is 6.43. The zero-order chi connectivity index (χ0) is 14.5. The first-order valence-electron chi connectivity index (χ1n) is 6.30. The molecule has 1 amide bonds. The number of rotatable bonds is 5. The van der Waals surface area contributed by atoms with Crippen LogP contribution in [0.25, 0.3) is 0 Å². The Morgan fingerprint density at radius 1 is 1.35 bits per heavy atom. The molecule has 0 fully saturated rings. The fourth-order valence-corrected chi connectivity index (χ4v) is 2.22. The third-order valence-electron chi connectivity index (χ3n) is 2.96. The topological polar surface area (TPSA) is 46.9 Å². The van der Waals surface area contributed by atoms with Crippen LogP contribution in [-0.2, 0) is 6.54 Å². The smallest absolute Gasteiger partial charge is 0.252 e. The number of carbonyl (C=O) groups is 1. The van der Waals surface area contributed by atoms with Crippen LogP contribution in [0.2, 0.25) is 10.0 Å². The maximum Gasteiger partial charge on any atom is 0.252 e. The van der Waals surface area contributed by atoms with E-state index in [1.807, 2.05) is 17.7 Å². The summed E-state index contributed by atoms with van der Waals surface area (Å²) in [5, 5.41) is 7.68. The standard InChI is InChI=1S/C14H15Cl2N3O/c1-10-6-8-18-19(10)9-3-7-17-14(20)11-4-2-5-12(15)13(11)16/h2,4-6,8H,3,7,9H2,1H3,(H,17,20). The summed E-state index contributed by atoms with van der Waals surface area (Å²) in [7, 11) is 0. The van der Waals surface area contributed by atoms with Gasteiger partial charge in [-0.1, -0.05) is 29.3 Å². The molecule has 1 aromatic carbocycles. The van der Waals surface area contributed by atoms with E-state index in [9.17, 15) is 4.79 Å². The van der Waals surface area contributed by atoms with Crippen molar-refractivity contribution < 1.29 is 4.79 Å². The van der Waals surface area contributed by atoms with Crippen molar-refractivity contribution >= 4 is 29.1 Å². The molecule has 0 spiro atoms. The second kappa shape index (κ2) is 6.77. The number of nitrogens with one attached hydrogen (secondary N) is 1. The van der Waals surface area contributed by atoms with Crippen LogP contribution >= 0.6 is 23.2 Å². The Labute approximate surface area is 127 Å². The Kier molecular flexibility index (Phi) is 5.04. The van der Waals surface area contributed by atoms with Crippen molar-refractivity contribution in [1.82, 2.24) is 15.1 Å². The van der Waals surface area contributed by atoms with Gasteiger partial charge in [-0.2, -0.15) is 5.10 Å². The molecule has 2 rings (SSSR count). The molecule has 1 N–H and O–H groups in total. The van der Waals surface area contributed by atoms with Crippen molar-refractivity contribution in [2.24, 2.45) is 0 Å². The number of carbonyl (C=O) groups excluding carboxylic acids is 1. The Morgan fingerprint density at radius 2 is 2.15 bits per heavy atom. The van der Waals surface area contributed by atoms with E-state index < -0.39 is 0 Å². The quantitative estimate of drug-likeness (QED) is 0.861. The largest absolute Gasteiger partial charge is 0.352 e. The molecule has 2 aromatic rings. The molecule has 0 saturated heterocycles. The number of halogens is 2. The summed E-state index contributed by atoms with van der Waals surface area (Å²) in [5.74, 6) is -0.213. The Hall–Kier alpha value is -1.52. The van der Waals surface area contributed by atoms with Gasteiger partial charge in [0.15, 0.2) is 0 Å². The minimum absolute atomic E-state index is 0.213. The summed E-state index contributed by atoms with van der Waals surface area (Å²) < 4.78 is 1.90. The fraction of sp³-hybridized carbons (Fsp3) is 0.286. The van der Waals surface area contributed by atoms with Crippen molar-refractivity contribution in [2.75, 3.05) is 6.54 Å². The van der Waals surface area contributed by atoms with Crippen LogP contribution in [0.4, 0.5) is 0 Å². The van der Waals surface area contributed by atoms with Crippen LogP contribution in [0.1, 0.15) is 22.5 Å². The Bertz CT molecular complexity index is 610. The van der Waals surface area contributed by atoms with E-state index in [-0.39, 0.29) is 10.9 Å². The van der Waals surface area contributed by atoms with Gasteiger partial charge >= 0.3 is 0 Å². The third-order valence-corrected chi connectivity index (χ3v) is 3.78. The SMILES string of the molecule is Cc1ccnn1CCCNC(=O)c1cccc(Cl)c1Cl. The summed E-state index contributed by atoms with van der Waals surface area (Å²) in [4.78, 5) is 12.0. The molecule has 0 aliphatic carbocycles. The minimum atomic E-state index is -0.213. The van der Waals surface area contributed by atoms with Crippen LogP contribution in [0, 0.1) is 6.92 Å². The van der Waals surface area contributed by atoms with Gasteiger partial charge in [-0.25, -0.2) is 0 Å². The molecule has 0 aliphatic heterocycles. The second-order valence-electron chi connectivity index (χ2n) is 4.41. The van der Waals surface area contributed by atoms with Crippen LogP contribution in [0.3, 0.4) is 0 Å². The van der Waals surface area contributed by atoms with E-state index in [0.717, 1.165) is 18.7 Å². The molecular weight excluding hydrogens is 297 g/mol. The van der Waals surface area contributed by atoms with Crippen molar-refractivity contribution in [2.45, 2.75) is 19.9 Å². The lowest BCUT2D eigenvalue weighted by atomic mass is 10.2. The minimum Gasteiger partial charge on any atom is -0.352 e. The number of aryl methyl sites for hydroxylation is 2. The molecule has 0 aliphatic rings. The van der Waals surface area contributed by atoms with Gasteiger partial charge in [0.2, 0.25) is 0 Å². The van der Waals surface area contributed by atoms with Gasteiger partial charge in [0.25, 0.3) is 5.91 Å². The van der Waals surface area contributed by atoms with Gasteiger partial charge in [-0.15, -0.1) is 0 Å². The number of amides is 1. The summed E-state index contributed by atoms with van der Waals surface area (Å²) in [6.45, 7) is 3.32. The van der Waals surface area contributed by atoms with Crippen molar-refractivity contribution in [3.05, 3.63) is 51.8 Å². The molecule has 1 aromatic heterocycles. The number of hydrogen-bond donors (Lipinski definition) is 1. The molecule has 0 bridgehead atoms. The average molecular weight is 312 g/mol. The molecule has 20 heavy (non-hydrogen) atoms. The Morgan fingerprint density at radius 3 is 2.85 bits per heavy atom. The molecule has 6 heteroatoms. The maximum atomic E-state index is 12.0. The number of aromatic nitrogens is 2. The van der Waals surface area contributed by atoms with Gasteiger partial charge in [0.1, 0.15) is 0 Å². The first kappa shape index (κ1) is 14.9. The molecule has 0 radical (unpaired) electrons. The van der Waals surface area contributed by atoms with Crippen LogP contribution in [-0.4, -0.2) is 22.2 Å². The maximum absolute atomic E-state index is 12.0. The summed E-state index contributed by atoms with van der Waals surface area (Å²) in [6.07, 6.45) is 2.56. The summed E-state index contributed by atoms with van der Waals surface area (Å²) in [6, 6.07) is 6.96. The number of nitrogens with zero attached hydrogens (tertiary/aromatic N) is 2. The first-order chi connectivity index (χ1) is 9.59. The van der Waals surface area contributed by atoms with E-state index in [0.29, 0.717) is 17.1 Å². The van der Waals surface area contributed by atoms with Gasteiger partial charge in [0.05, 0.1) is 15.6 Å². The van der Waals surface area contributed by atoms with Crippen LogP contribution in [0.5, 0.6) is 0 Å². The lowest BCUT2D eigenvalue weighted by Gasteiger charge is -2.08. The number of benzene rings is 1. The highest BCUT2D eigenvalue weighted by Gasteiger charge is 2.11. The normalized spacial score (nSPS) is 10.6. The zero-order valence-corrected chi connectivity index (χ0v) is 12.6. The third kappa shape index (κ3) is 3.52. The van der Waals surface area contributed by atoms with E-state index >= 15 is 0 Å². The zero-order valence-electron chi connectivity index (χ0n) is 11.1. The van der Waals surface area contributed by atoms with E-state index in [2.05, 4.69) is 10.4 Å². The van der Waals surface area contributed by atoms with Crippen molar-refractivity contribution in [3.8, 4) is 0 Å². The lowest BCUT2D eigenvalue weighted by Crippen LogP contribution is -2.25. The molecule has 0 saturated carbocycles. The molecule has 106 valence electrons. The molecule has 0 unspecified atom stereocenters. The van der Waals surface area contributed by atoms with Crippen molar-refractivity contribution in [3.63, 3.8) is 0 Å². The monoisotopic (exact) mass is 311 g/mol.